The Morgan fingerprint density at radius 1 is 1.53 bits per heavy atom. The first-order valence-corrected chi connectivity index (χ1v) is 4.76. The highest BCUT2D eigenvalue weighted by Crippen LogP contribution is 2.07. The monoisotopic (exact) mass is 220 g/mol. The highest BCUT2D eigenvalue weighted by molar-refractivity contribution is 7.12. The molecule has 0 radical (unpaired) electrons. The van der Waals surface area contributed by atoms with Crippen molar-refractivity contribution in [2.45, 2.75) is 0 Å². The summed E-state index contributed by atoms with van der Waals surface area (Å²) in [4.78, 5) is 28.4. The number of hydrogen-bond acceptors (Lipinski definition) is 5. The molecule has 0 unspecified atom stereocenters. The van der Waals surface area contributed by atoms with Gasteiger partial charge < -0.3 is 0 Å². The number of thiazole rings is 1. The van der Waals surface area contributed by atoms with Crippen LogP contribution in [0.4, 0.5) is 0 Å². The molecule has 0 aliphatic carbocycles. The van der Waals surface area contributed by atoms with Crippen LogP contribution in [0.2, 0.25) is 0 Å². The maximum Gasteiger partial charge on any atom is 0.334 e. The number of rotatable bonds is 1. The van der Waals surface area contributed by atoms with Gasteiger partial charge in [0.05, 0.1) is 0 Å². The summed E-state index contributed by atoms with van der Waals surface area (Å²) in [7, 11) is 0. The van der Waals surface area contributed by atoms with E-state index in [2.05, 4.69) is 4.98 Å². The number of aromatic amines is 1. The van der Waals surface area contributed by atoms with Gasteiger partial charge in [0, 0.05) is 17.8 Å². The summed E-state index contributed by atoms with van der Waals surface area (Å²) >= 11 is 1.24. The Hall–Kier alpha value is -2.20. The Balaban J connectivity index is 2.75. The Labute approximate surface area is 87.1 Å². The third kappa shape index (κ3) is 1.58. The van der Waals surface area contributed by atoms with Crippen LogP contribution >= 0.6 is 11.3 Å². The summed E-state index contributed by atoms with van der Waals surface area (Å²) < 4.78 is 1.13. The second-order valence-corrected chi connectivity index (χ2v) is 3.47. The van der Waals surface area contributed by atoms with Crippen molar-refractivity contribution >= 4 is 11.3 Å². The van der Waals surface area contributed by atoms with E-state index in [4.69, 9.17) is 5.26 Å². The molecule has 0 atom stereocenters. The lowest BCUT2D eigenvalue weighted by molar-refractivity contribution is 0.880. The molecule has 0 amide bonds. The molecule has 6 nitrogen and oxygen atoms in total. The molecule has 2 rings (SSSR count). The molecule has 0 aliphatic heterocycles. The second-order valence-electron chi connectivity index (χ2n) is 2.60. The van der Waals surface area contributed by atoms with Crippen molar-refractivity contribution in [1.82, 2.24) is 14.5 Å². The van der Waals surface area contributed by atoms with Crippen LogP contribution in [0.15, 0.2) is 27.4 Å². The van der Waals surface area contributed by atoms with Crippen molar-refractivity contribution in [1.29, 1.82) is 5.26 Å². The predicted molar refractivity (Wildman–Crippen MR) is 53.0 cm³/mol. The van der Waals surface area contributed by atoms with Crippen LogP contribution in [-0.2, 0) is 0 Å². The van der Waals surface area contributed by atoms with Gasteiger partial charge in [-0.2, -0.15) is 5.26 Å². The Bertz CT molecular complexity index is 632. The molecular weight excluding hydrogens is 216 g/mol. The van der Waals surface area contributed by atoms with Crippen molar-refractivity contribution in [3.8, 4) is 11.2 Å². The first-order chi connectivity index (χ1) is 7.22. The summed E-state index contributed by atoms with van der Waals surface area (Å²) in [5, 5.41) is 10.7. The van der Waals surface area contributed by atoms with Gasteiger partial charge in [-0.05, 0) is 0 Å². The molecule has 0 fully saturated rings. The molecule has 2 heterocycles. The minimum absolute atomic E-state index is 0.121. The molecule has 1 N–H and O–H groups in total. The fraction of sp³-hybridized carbons (Fsp3) is 0. The molecule has 7 heteroatoms. The molecule has 74 valence electrons. The van der Waals surface area contributed by atoms with Gasteiger partial charge in [-0.1, -0.05) is 0 Å². The van der Waals surface area contributed by atoms with Crippen molar-refractivity contribution in [2.75, 3.05) is 0 Å². The predicted octanol–water partition coefficient (Wildman–Crippen LogP) is -0.146. The van der Waals surface area contributed by atoms with Crippen molar-refractivity contribution in [3.05, 3.63) is 44.2 Å². The number of hydrogen-bond donors (Lipinski definition) is 1. The first kappa shape index (κ1) is 9.36. The number of nitriles is 1. The average Bonchev–Trinajstić information content (AvgIpc) is 2.71. The fourth-order valence-corrected chi connectivity index (χ4v) is 1.64. The zero-order chi connectivity index (χ0) is 10.8. The van der Waals surface area contributed by atoms with Gasteiger partial charge >= 0.3 is 5.69 Å². The number of aromatic nitrogens is 3. The molecule has 0 saturated carbocycles. The van der Waals surface area contributed by atoms with E-state index in [-0.39, 0.29) is 5.56 Å². The zero-order valence-corrected chi connectivity index (χ0v) is 8.11. The molecule has 0 bridgehead atoms. The van der Waals surface area contributed by atoms with Gasteiger partial charge in [-0.15, -0.1) is 11.3 Å². The number of nitrogens with one attached hydrogen (secondary N) is 1. The molecule has 0 saturated heterocycles. The third-order valence-corrected chi connectivity index (χ3v) is 2.46. The lowest BCUT2D eigenvalue weighted by Crippen LogP contribution is -2.29. The molecule has 0 aliphatic rings. The molecule has 2 aromatic heterocycles. The summed E-state index contributed by atoms with van der Waals surface area (Å²) in [5.41, 5.74) is -1.41. The van der Waals surface area contributed by atoms with Crippen LogP contribution in [0.1, 0.15) is 5.56 Å². The maximum atomic E-state index is 11.4. The molecule has 0 aromatic carbocycles. The van der Waals surface area contributed by atoms with Gasteiger partial charge in [0.1, 0.15) is 11.6 Å². The van der Waals surface area contributed by atoms with Crippen LogP contribution in [0.5, 0.6) is 0 Å². The van der Waals surface area contributed by atoms with Crippen molar-refractivity contribution < 1.29 is 0 Å². The lowest BCUT2D eigenvalue weighted by atomic mass is 10.4. The molecule has 0 spiro atoms. The second kappa shape index (κ2) is 3.51. The van der Waals surface area contributed by atoms with Crippen LogP contribution in [0.3, 0.4) is 0 Å². The van der Waals surface area contributed by atoms with Crippen LogP contribution in [0.25, 0.3) is 5.13 Å². The van der Waals surface area contributed by atoms with E-state index in [1.54, 1.807) is 11.4 Å². The van der Waals surface area contributed by atoms with E-state index in [1.165, 1.54) is 23.7 Å². The summed E-state index contributed by atoms with van der Waals surface area (Å²) in [5.74, 6) is 0. The van der Waals surface area contributed by atoms with E-state index in [0.29, 0.717) is 5.13 Å². The van der Waals surface area contributed by atoms with Crippen molar-refractivity contribution in [3.63, 3.8) is 0 Å². The van der Waals surface area contributed by atoms with E-state index in [9.17, 15) is 9.59 Å². The van der Waals surface area contributed by atoms with E-state index in [1.807, 2.05) is 4.98 Å². The van der Waals surface area contributed by atoms with Crippen LogP contribution in [-0.4, -0.2) is 14.5 Å². The minimum Gasteiger partial charge on any atom is -0.272 e. The highest BCUT2D eigenvalue weighted by Gasteiger charge is 2.06. The standard InChI is InChI=1S/C8H4N4O2S/c9-3-5-4-12(7(14)11-6(5)13)8-10-1-2-15-8/h1-2,4H,(H,11,13,14). The van der Waals surface area contributed by atoms with Crippen molar-refractivity contribution in [2.24, 2.45) is 0 Å². The van der Waals surface area contributed by atoms with E-state index in [0.717, 1.165) is 4.57 Å². The Morgan fingerprint density at radius 3 is 2.93 bits per heavy atom. The number of nitrogens with zero attached hydrogens (tertiary/aromatic N) is 3. The van der Waals surface area contributed by atoms with Crippen LogP contribution < -0.4 is 11.2 Å². The van der Waals surface area contributed by atoms with E-state index >= 15 is 0 Å². The fourth-order valence-electron chi connectivity index (χ4n) is 1.03. The zero-order valence-electron chi connectivity index (χ0n) is 7.30. The SMILES string of the molecule is N#Cc1cn(-c2nccs2)c(=O)[nH]c1=O. The summed E-state index contributed by atoms with van der Waals surface area (Å²) in [6, 6.07) is 1.70. The highest BCUT2D eigenvalue weighted by atomic mass is 32.1. The molecular formula is C8H4N4O2S. The quantitative estimate of drug-likeness (QED) is 0.723. The smallest absolute Gasteiger partial charge is 0.272 e. The Kier molecular flexibility index (Phi) is 2.19. The molecule has 15 heavy (non-hydrogen) atoms. The maximum absolute atomic E-state index is 11.4. The van der Waals surface area contributed by atoms with Gasteiger partial charge in [0.2, 0.25) is 0 Å². The van der Waals surface area contributed by atoms with E-state index < -0.39 is 11.2 Å². The van der Waals surface area contributed by atoms with Gasteiger partial charge in [-0.25, -0.2) is 14.3 Å². The molecule has 2 aromatic rings. The van der Waals surface area contributed by atoms with Gasteiger partial charge in [0.25, 0.3) is 5.56 Å². The first-order valence-electron chi connectivity index (χ1n) is 3.88. The topological polar surface area (TPSA) is 91.5 Å². The van der Waals surface area contributed by atoms with Gasteiger partial charge in [0.15, 0.2) is 5.13 Å². The minimum atomic E-state index is -0.685. The number of H-pyrrole nitrogens is 1. The normalized spacial score (nSPS) is 9.80. The third-order valence-electron chi connectivity index (χ3n) is 1.69. The average molecular weight is 220 g/mol. The Morgan fingerprint density at radius 2 is 2.33 bits per heavy atom. The van der Waals surface area contributed by atoms with Crippen LogP contribution in [0, 0.1) is 11.3 Å². The summed E-state index contributed by atoms with van der Waals surface area (Å²) in [6.45, 7) is 0. The summed E-state index contributed by atoms with van der Waals surface area (Å²) in [6.07, 6.45) is 2.71. The largest absolute Gasteiger partial charge is 0.334 e. The van der Waals surface area contributed by atoms with Gasteiger partial charge in [-0.3, -0.25) is 9.78 Å². The lowest BCUT2D eigenvalue weighted by Gasteiger charge is -1.98.